The zero-order valence-electron chi connectivity index (χ0n) is 6.20. The number of carbonyl (C=O) groups is 1. The minimum absolute atomic E-state index is 0.223. The van der Waals surface area contributed by atoms with Crippen LogP contribution in [0.15, 0.2) is 36.6 Å². The number of aliphatic hydroxyl groups excluding tert-OH is 1. The fourth-order valence-corrected chi connectivity index (χ4v) is 0.806. The van der Waals surface area contributed by atoms with Crippen LogP contribution >= 0.6 is 0 Å². The summed E-state index contributed by atoms with van der Waals surface area (Å²) in [5.74, 6) is -0.885. The maximum atomic E-state index is 12.5. The Morgan fingerprint density at radius 1 is 1.50 bits per heavy atom. The normalized spacial score (nSPS) is 10.4. The monoisotopic (exact) mass is 166 g/mol. The van der Waals surface area contributed by atoms with E-state index in [4.69, 9.17) is 5.11 Å². The summed E-state index contributed by atoms with van der Waals surface area (Å²) in [6.07, 6.45) is 1.60. The lowest BCUT2D eigenvalue weighted by Gasteiger charge is -1.93. The van der Waals surface area contributed by atoms with Crippen LogP contribution in [0.4, 0.5) is 4.39 Å². The molecule has 62 valence electrons. The van der Waals surface area contributed by atoms with Gasteiger partial charge in [-0.25, -0.2) is 4.39 Å². The molecule has 0 bridgehead atoms. The summed E-state index contributed by atoms with van der Waals surface area (Å²) in [6.45, 7) is 0. The number of benzene rings is 1. The molecule has 0 aliphatic heterocycles. The molecule has 0 amide bonds. The summed E-state index contributed by atoms with van der Waals surface area (Å²) in [6, 6.07) is 5.28. The van der Waals surface area contributed by atoms with E-state index in [1.807, 2.05) is 0 Å². The Bertz CT molecular complexity index is 318. The number of halogens is 1. The second kappa shape index (κ2) is 3.67. The lowest BCUT2D eigenvalue weighted by atomic mass is 10.1. The van der Waals surface area contributed by atoms with Crippen molar-refractivity contribution in [2.75, 3.05) is 0 Å². The predicted molar refractivity (Wildman–Crippen MR) is 42.5 cm³/mol. The van der Waals surface area contributed by atoms with Gasteiger partial charge in [0.2, 0.25) is 0 Å². The standard InChI is InChI=1S/C9H7FO2/c10-8-3-1-2-7(6-8)9(12)4-5-11/h1-6,11H. The quantitative estimate of drug-likeness (QED) is 0.415. The van der Waals surface area contributed by atoms with E-state index >= 15 is 0 Å². The first-order chi connectivity index (χ1) is 5.74. The highest BCUT2D eigenvalue weighted by Crippen LogP contribution is 2.04. The molecular formula is C9H7FO2. The molecule has 0 unspecified atom stereocenters. The Hall–Kier alpha value is -1.64. The van der Waals surface area contributed by atoms with Crippen molar-refractivity contribution in [3.05, 3.63) is 48.0 Å². The van der Waals surface area contributed by atoms with Gasteiger partial charge in [-0.1, -0.05) is 12.1 Å². The van der Waals surface area contributed by atoms with E-state index in [1.165, 1.54) is 18.2 Å². The van der Waals surface area contributed by atoms with Crippen LogP contribution in [-0.4, -0.2) is 10.9 Å². The number of carbonyl (C=O) groups excluding carboxylic acids is 1. The molecule has 0 saturated heterocycles. The topological polar surface area (TPSA) is 37.3 Å². The van der Waals surface area contributed by atoms with Crippen LogP contribution in [-0.2, 0) is 0 Å². The van der Waals surface area contributed by atoms with Gasteiger partial charge in [0.25, 0.3) is 0 Å². The van der Waals surface area contributed by atoms with Gasteiger partial charge in [-0.2, -0.15) is 0 Å². The maximum absolute atomic E-state index is 12.5. The van der Waals surface area contributed by atoms with Crippen LogP contribution in [0.5, 0.6) is 0 Å². The highest BCUT2D eigenvalue weighted by atomic mass is 19.1. The minimum Gasteiger partial charge on any atom is -0.515 e. The first kappa shape index (κ1) is 8.46. The Kier molecular flexibility index (Phi) is 2.58. The van der Waals surface area contributed by atoms with Crippen molar-refractivity contribution in [2.24, 2.45) is 0 Å². The second-order valence-corrected chi connectivity index (χ2v) is 2.19. The van der Waals surface area contributed by atoms with Gasteiger partial charge in [0, 0.05) is 11.6 Å². The van der Waals surface area contributed by atoms with Gasteiger partial charge < -0.3 is 5.11 Å². The smallest absolute Gasteiger partial charge is 0.188 e. The van der Waals surface area contributed by atoms with Crippen molar-refractivity contribution in [3.8, 4) is 0 Å². The Balaban J connectivity index is 2.96. The van der Waals surface area contributed by atoms with Crippen molar-refractivity contribution < 1.29 is 14.3 Å². The lowest BCUT2D eigenvalue weighted by molar-refractivity contribution is 0.104. The molecule has 0 aromatic heterocycles. The van der Waals surface area contributed by atoms with Crippen molar-refractivity contribution in [2.45, 2.75) is 0 Å². The van der Waals surface area contributed by atoms with Crippen molar-refractivity contribution in [1.29, 1.82) is 0 Å². The van der Waals surface area contributed by atoms with E-state index in [2.05, 4.69) is 0 Å². The highest BCUT2D eigenvalue weighted by molar-refractivity contribution is 6.04. The first-order valence-corrected chi connectivity index (χ1v) is 3.34. The fraction of sp³-hybridized carbons (Fsp3) is 0. The van der Waals surface area contributed by atoms with Gasteiger partial charge in [-0.3, -0.25) is 4.79 Å². The summed E-state index contributed by atoms with van der Waals surface area (Å²) in [7, 11) is 0. The van der Waals surface area contributed by atoms with Crippen LogP contribution in [0.3, 0.4) is 0 Å². The van der Waals surface area contributed by atoms with Crippen molar-refractivity contribution >= 4 is 5.78 Å². The van der Waals surface area contributed by atoms with Crippen LogP contribution in [0.1, 0.15) is 10.4 Å². The molecule has 0 radical (unpaired) electrons. The molecular weight excluding hydrogens is 159 g/mol. The van der Waals surface area contributed by atoms with Crippen LogP contribution in [0, 0.1) is 5.82 Å². The van der Waals surface area contributed by atoms with E-state index in [0.717, 1.165) is 12.1 Å². The number of hydrogen-bond acceptors (Lipinski definition) is 2. The zero-order valence-corrected chi connectivity index (χ0v) is 6.20. The SMILES string of the molecule is O=C(C=CO)c1cccc(F)c1. The van der Waals surface area contributed by atoms with E-state index in [0.29, 0.717) is 6.26 Å². The molecule has 0 aliphatic rings. The summed E-state index contributed by atoms with van der Waals surface area (Å²) < 4.78 is 12.5. The summed E-state index contributed by atoms with van der Waals surface area (Å²) in [5.41, 5.74) is 0.223. The van der Waals surface area contributed by atoms with E-state index in [1.54, 1.807) is 0 Å². The summed E-state index contributed by atoms with van der Waals surface area (Å²) in [4.78, 5) is 11.0. The molecule has 1 aromatic carbocycles. The van der Waals surface area contributed by atoms with Crippen LogP contribution in [0.25, 0.3) is 0 Å². The molecule has 0 atom stereocenters. The first-order valence-electron chi connectivity index (χ1n) is 3.34. The Morgan fingerprint density at radius 2 is 2.25 bits per heavy atom. The molecule has 0 heterocycles. The van der Waals surface area contributed by atoms with E-state index in [9.17, 15) is 9.18 Å². The van der Waals surface area contributed by atoms with E-state index < -0.39 is 11.6 Å². The highest BCUT2D eigenvalue weighted by Gasteiger charge is 2.01. The summed E-state index contributed by atoms with van der Waals surface area (Å²) >= 11 is 0. The van der Waals surface area contributed by atoms with E-state index in [-0.39, 0.29) is 5.56 Å². The van der Waals surface area contributed by atoms with Crippen molar-refractivity contribution in [1.82, 2.24) is 0 Å². The number of rotatable bonds is 2. The number of aliphatic hydroxyl groups is 1. The van der Waals surface area contributed by atoms with Crippen LogP contribution in [0.2, 0.25) is 0 Å². The molecule has 1 rings (SSSR count). The molecule has 0 aliphatic carbocycles. The van der Waals surface area contributed by atoms with Gasteiger partial charge in [0.1, 0.15) is 5.82 Å². The molecule has 1 aromatic rings. The maximum Gasteiger partial charge on any atom is 0.188 e. The largest absolute Gasteiger partial charge is 0.515 e. The molecule has 1 N–H and O–H groups in total. The van der Waals surface area contributed by atoms with Gasteiger partial charge >= 0.3 is 0 Å². The average molecular weight is 166 g/mol. The van der Waals surface area contributed by atoms with Crippen LogP contribution < -0.4 is 0 Å². The number of allylic oxidation sites excluding steroid dienone is 1. The minimum atomic E-state index is -0.466. The molecule has 12 heavy (non-hydrogen) atoms. The predicted octanol–water partition coefficient (Wildman–Crippen LogP) is 2.08. The molecule has 0 saturated carbocycles. The van der Waals surface area contributed by atoms with Gasteiger partial charge in [-0.05, 0) is 12.1 Å². The van der Waals surface area contributed by atoms with Gasteiger partial charge in [0.15, 0.2) is 5.78 Å². The third-order valence-corrected chi connectivity index (χ3v) is 1.34. The number of hydrogen-bond donors (Lipinski definition) is 1. The molecule has 0 spiro atoms. The number of ketones is 1. The van der Waals surface area contributed by atoms with Gasteiger partial charge in [-0.15, -0.1) is 0 Å². The molecule has 3 heteroatoms. The molecule has 0 fully saturated rings. The van der Waals surface area contributed by atoms with Gasteiger partial charge in [0.05, 0.1) is 6.26 Å². The Morgan fingerprint density at radius 3 is 2.83 bits per heavy atom. The second-order valence-electron chi connectivity index (χ2n) is 2.19. The lowest BCUT2D eigenvalue weighted by Crippen LogP contribution is -1.94. The summed E-state index contributed by atoms with van der Waals surface area (Å²) in [5, 5.41) is 8.27. The third-order valence-electron chi connectivity index (χ3n) is 1.34. The fourth-order valence-electron chi connectivity index (χ4n) is 0.806. The third kappa shape index (κ3) is 1.92. The Labute approximate surface area is 69.0 Å². The average Bonchev–Trinajstić information content (AvgIpc) is 2.05. The van der Waals surface area contributed by atoms with Crippen molar-refractivity contribution in [3.63, 3.8) is 0 Å². The zero-order chi connectivity index (χ0) is 8.97. The molecule has 2 nitrogen and oxygen atoms in total.